The summed E-state index contributed by atoms with van der Waals surface area (Å²) < 4.78 is 0.987. The van der Waals surface area contributed by atoms with Crippen molar-refractivity contribution in [2.45, 2.75) is 45.2 Å². The predicted octanol–water partition coefficient (Wildman–Crippen LogP) is 3.91. The van der Waals surface area contributed by atoms with Crippen molar-refractivity contribution in [1.82, 2.24) is 5.01 Å². The van der Waals surface area contributed by atoms with Gasteiger partial charge in [-0.15, -0.1) is 0 Å². The van der Waals surface area contributed by atoms with Crippen LogP contribution in [0.3, 0.4) is 0 Å². The summed E-state index contributed by atoms with van der Waals surface area (Å²) in [6.45, 7) is 4.46. The lowest BCUT2D eigenvalue weighted by Crippen LogP contribution is -2.47. The maximum atomic E-state index is 9.15. The van der Waals surface area contributed by atoms with Gasteiger partial charge in [0.1, 0.15) is 6.07 Å². The summed E-state index contributed by atoms with van der Waals surface area (Å²) in [5.74, 6) is 0. The van der Waals surface area contributed by atoms with E-state index >= 15 is 0 Å². The van der Waals surface area contributed by atoms with Gasteiger partial charge in [-0.1, -0.05) is 22.4 Å². The zero-order valence-electron chi connectivity index (χ0n) is 10.8. The maximum absolute atomic E-state index is 9.15. The van der Waals surface area contributed by atoms with Gasteiger partial charge in [-0.05, 0) is 44.9 Å². The Labute approximate surface area is 117 Å². The number of halogens is 1. The van der Waals surface area contributed by atoms with Crippen molar-refractivity contribution in [1.29, 1.82) is 5.26 Å². The Bertz CT molecular complexity index is 457. The van der Waals surface area contributed by atoms with E-state index in [0.29, 0.717) is 17.6 Å². The van der Waals surface area contributed by atoms with Gasteiger partial charge in [0.25, 0.3) is 0 Å². The minimum atomic E-state index is 0.499. The molecule has 1 N–H and O–H groups in total. The summed E-state index contributed by atoms with van der Waals surface area (Å²) in [4.78, 5) is 0. The quantitative estimate of drug-likeness (QED) is 0.900. The topological polar surface area (TPSA) is 39.1 Å². The Kier molecular flexibility index (Phi) is 4.26. The van der Waals surface area contributed by atoms with Crippen LogP contribution < -0.4 is 5.43 Å². The molecule has 4 heteroatoms. The van der Waals surface area contributed by atoms with Crippen LogP contribution in [0.15, 0.2) is 22.7 Å². The SMILES string of the molecule is CC1CCCC(C)N1Nc1cc(Br)ccc1C#N. The molecule has 2 unspecified atom stereocenters. The smallest absolute Gasteiger partial charge is 0.101 e. The fourth-order valence-electron chi connectivity index (χ4n) is 2.49. The summed E-state index contributed by atoms with van der Waals surface area (Å²) in [5.41, 5.74) is 4.99. The second kappa shape index (κ2) is 5.73. The summed E-state index contributed by atoms with van der Waals surface area (Å²) in [6, 6.07) is 8.93. The third-order valence-electron chi connectivity index (χ3n) is 3.55. The first-order valence-electron chi connectivity index (χ1n) is 6.36. The molecule has 1 heterocycles. The Hall–Kier alpha value is -1.05. The van der Waals surface area contributed by atoms with Crippen LogP contribution in [0.4, 0.5) is 5.69 Å². The highest BCUT2D eigenvalue weighted by molar-refractivity contribution is 9.10. The van der Waals surface area contributed by atoms with E-state index in [9.17, 15) is 0 Å². The van der Waals surface area contributed by atoms with Crippen LogP contribution in [0.2, 0.25) is 0 Å². The van der Waals surface area contributed by atoms with Crippen molar-refractivity contribution in [2.75, 3.05) is 5.43 Å². The Balaban J connectivity index is 2.22. The van der Waals surface area contributed by atoms with Crippen LogP contribution in [0.25, 0.3) is 0 Å². The van der Waals surface area contributed by atoms with E-state index in [1.165, 1.54) is 19.3 Å². The van der Waals surface area contributed by atoms with Crippen LogP contribution >= 0.6 is 15.9 Å². The van der Waals surface area contributed by atoms with Gasteiger partial charge in [0.05, 0.1) is 11.3 Å². The number of nitriles is 1. The Morgan fingerprint density at radius 2 is 2.00 bits per heavy atom. The molecular formula is C14H18BrN3. The second-order valence-corrected chi connectivity index (χ2v) is 5.87. The standard InChI is InChI=1S/C14H18BrN3/c1-10-4-3-5-11(2)18(10)17-14-8-13(15)7-6-12(14)9-16/h6-8,10-11,17H,3-5H2,1-2H3. The number of hydrogen-bond acceptors (Lipinski definition) is 3. The number of nitrogens with zero attached hydrogens (tertiary/aromatic N) is 2. The number of piperidine rings is 1. The lowest BCUT2D eigenvalue weighted by molar-refractivity contribution is 0.135. The molecule has 0 aliphatic carbocycles. The van der Waals surface area contributed by atoms with Crippen LogP contribution in [0, 0.1) is 11.3 Å². The fourth-order valence-corrected chi connectivity index (χ4v) is 2.85. The van der Waals surface area contributed by atoms with Gasteiger partial charge in [0.2, 0.25) is 0 Å². The lowest BCUT2D eigenvalue weighted by Gasteiger charge is -2.39. The number of nitrogens with one attached hydrogen (secondary N) is 1. The van der Waals surface area contributed by atoms with E-state index < -0.39 is 0 Å². The van der Waals surface area contributed by atoms with E-state index in [0.717, 1.165) is 10.2 Å². The van der Waals surface area contributed by atoms with Crippen LogP contribution in [-0.4, -0.2) is 17.1 Å². The zero-order valence-corrected chi connectivity index (χ0v) is 12.4. The average molecular weight is 308 g/mol. The highest BCUT2D eigenvalue weighted by Crippen LogP contribution is 2.26. The van der Waals surface area contributed by atoms with Gasteiger partial charge in [0, 0.05) is 16.6 Å². The molecule has 0 amide bonds. The van der Waals surface area contributed by atoms with Crippen molar-refractivity contribution >= 4 is 21.6 Å². The van der Waals surface area contributed by atoms with Crippen molar-refractivity contribution in [2.24, 2.45) is 0 Å². The van der Waals surface area contributed by atoms with Crippen LogP contribution in [0.1, 0.15) is 38.7 Å². The molecule has 18 heavy (non-hydrogen) atoms. The number of rotatable bonds is 2. The molecule has 1 fully saturated rings. The molecule has 1 aromatic carbocycles. The van der Waals surface area contributed by atoms with Gasteiger partial charge in [-0.3, -0.25) is 0 Å². The van der Waals surface area contributed by atoms with E-state index in [1.54, 1.807) is 0 Å². The lowest BCUT2D eigenvalue weighted by atomic mass is 10.00. The maximum Gasteiger partial charge on any atom is 0.101 e. The Morgan fingerprint density at radius 1 is 1.33 bits per heavy atom. The summed E-state index contributed by atoms with van der Waals surface area (Å²) in [7, 11) is 0. The van der Waals surface area contributed by atoms with Gasteiger partial charge >= 0.3 is 0 Å². The molecule has 0 aromatic heterocycles. The molecule has 1 aliphatic heterocycles. The first kappa shape index (κ1) is 13.4. The summed E-state index contributed by atoms with van der Waals surface area (Å²) in [5, 5.41) is 11.4. The number of hydrogen-bond donors (Lipinski definition) is 1. The molecule has 0 bridgehead atoms. The minimum absolute atomic E-state index is 0.499. The minimum Gasteiger partial charge on any atom is -0.317 e. The first-order chi connectivity index (χ1) is 8.61. The predicted molar refractivity (Wildman–Crippen MR) is 77.1 cm³/mol. The molecule has 3 nitrogen and oxygen atoms in total. The normalized spacial score (nSPS) is 24.6. The van der Waals surface area contributed by atoms with Crippen LogP contribution in [0.5, 0.6) is 0 Å². The molecular weight excluding hydrogens is 290 g/mol. The molecule has 1 aliphatic rings. The Morgan fingerprint density at radius 3 is 2.61 bits per heavy atom. The average Bonchev–Trinajstić information content (AvgIpc) is 2.34. The highest BCUT2D eigenvalue weighted by atomic mass is 79.9. The van der Waals surface area contributed by atoms with Crippen LogP contribution in [-0.2, 0) is 0 Å². The summed E-state index contributed by atoms with van der Waals surface area (Å²) >= 11 is 3.45. The fraction of sp³-hybridized carbons (Fsp3) is 0.500. The summed E-state index contributed by atoms with van der Waals surface area (Å²) in [6.07, 6.45) is 3.69. The molecule has 0 radical (unpaired) electrons. The molecule has 1 aromatic rings. The molecule has 1 saturated heterocycles. The third kappa shape index (κ3) is 2.85. The van der Waals surface area contributed by atoms with Gasteiger partial charge in [0.15, 0.2) is 0 Å². The third-order valence-corrected chi connectivity index (χ3v) is 4.04. The number of benzene rings is 1. The van der Waals surface area contributed by atoms with E-state index in [-0.39, 0.29) is 0 Å². The van der Waals surface area contributed by atoms with Crippen molar-refractivity contribution in [3.05, 3.63) is 28.2 Å². The second-order valence-electron chi connectivity index (χ2n) is 4.95. The van der Waals surface area contributed by atoms with E-state index in [2.05, 4.69) is 46.3 Å². The molecule has 96 valence electrons. The van der Waals surface area contributed by atoms with Crippen molar-refractivity contribution in [3.63, 3.8) is 0 Å². The molecule has 2 atom stereocenters. The van der Waals surface area contributed by atoms with Crippen molar-refractivity contribution in [3.8, 4) is 6.07 Å². The molecule has 0 saturated carbocycles. The molecule has 0 spiro atoms. The number of anilines is 1. The van der Waals surface area contributed by atoms with Crippen molar-refractivity contribution < 1.29 is 0 Å². The van der Waals surface area contributed by atoms with Gasteiger partial charge in [-0.25, -0.2) is 5.01 Å². The van der Waals surface area contributed by atoms with E-state index in [4.69, 9.17) is 5.26 Å². The highest BCUT2D eigenvalue weighted by Gasteiger charge is 2.25. The van der Waals surface area contributed by atoms with Gasteiger partial charge in [-0.2, -0.15) is 5.26 Å². The zero-order chi connectivity index (χ0) is 13.1. The monoisotopic (exact) mass is 307 g/mol. The molecule has 2 rings (SSSR count). The number of hydrazine groups is 1. The first-order valence-corrected chi connectivity index (χ1v) is 7.15. The van der Waals surface area contributed by atoms with E-state index in [1.807, 2.05) is 18.2 Å². The largest absolute Gasteiger partial charge is 0.317 e. The van der Waals surface area contributed by atoms with Gasteiger partial charge < -0.3 is 5.43 Å².